The second-order valence-corrected chi connectivity index (χ2v) is 19.3. The molecule has 66 heavy (non-hydrogen) atoms. The van der Waals surface area contributed by atoms with Crippen LogP contribution in [0.15, 0.2) is 0 Å². The fraction of sp³-hybridized carbons (Fsp3) is 0.923. The number of esters is 2. The molecule has 2 amide bonds. The van der Waals surface area contributed by atoms with Crippen molar-refractivity contribution in [1.82, 2.24) is 20.4 Å². The first kappa shape index (κ1) is 61.7. The third-order valence-electron chi connectivity index (χ3n) is 12.8. The molecule has 6 atom stereocenters. The van der Waals surface area contributed by atoms with Crippen LogP contribution in [0.1, 0.15) is 220 Å². The minimum atomic E-state index is -1.16. The number of nitrogens with zero attached hydrogens (tertiary/aromatic N) is 2. The molecule has 6 N–H and O–H groups in total. The van der Waals surface area contributed by atoms with Crippen LogP contribution in [0.25, 0.3) is 0 Å². The molecule has 1 aliphatic heterocycles. The SMILES string of the molecule is CCCCCCCCC(O)CN(CCOC(=O)CC1NC(=O)C(CC(=O)OCCN(CC(O)CCCCCCCC)CC(O)CCCCCCCC)NC1=O)CC(O)CCCCCCCC. The van der Waals surface area contributed by atoms with E-state index in [-0.39, 0.29) is 26.1 Å². The van der Waals surface area contributed by atoms with Gasteiger partial charge in [0.2, 0.25) is 11.8 Å². The zero-order valence-electron chi connectivity index (χ0n) is 42.5. The smallest absolute Gasteiger partial charge is 0.308 e. The first-order chi connectivity index (χ1) is 31.9. The fourth-order valence-electron chi connectivity index (χ4n) is 8.70. The topological polar surface area (TPSA) is 198 Å². The maximum Gasteiger partial charge on any atom is 0.308 e. The van der Waals surface area contributed by atoms with Gasteiger partial charge in [0.15, 0.2) is 0 Å². The summed E-state index contributed by atoms with van der Waals surface area (Å²) in [5.74, 6) is -2.56. The van der Waals surface area contributed by atoms with E-state index in [2.05, 4.69) is 38.3 Å². The highest BCUT2D eigenvalue weighted by atomic mass is 16.5. The van der Waals surface area contributed by atoms with E-state index in [1.54, 1.807) is 0 Å². The Bertz CT molecular complexity index is 1080. The van der Waals surface area contributed by atoms with Crippen LogP contribution in [0, 0.1) is 0 Å². The van der Waals surface area contributed by atoms with Crippen molar-refractivity contribution >= 4 is 23.8 Å². The number of aliphatic hydroxyl groups is 4. The predicted molar refractivity (Wildman–Crippen MR) is 264 cm³/mol. The van der Waals surface area contributed by atoms with Gasteiger partial charge in [-0.25, -0.2) is 0 Å². The Morgan fingerprint density at radius 2 is 0.682 bits per heavy atom. The number of aliphatic hydroxyl groups excluding tert-OH is 4. The predicted octanol–water partition coefficient (Wildman–Crippen LogP) is 7.89. The van der Waals surface area contributed by atoms with Crippen LogP contribution in [0.3, 0.4) is 0 Å². The Balaban J connectivity index is 2.62. The molecular weight excluding hydrogens is 841 g/mol. The Kier molecular flexibility index (Phi) is 38.9. The van der Waals surface area contributed by atoms with E-state index in [1.165, 1.54) is 77.0 Å². The van der Waals surface area contributed by atoms with E-state index in [9.17, 15) is 39.6 Å². The highest BCUT2D eigenvalue weighted by Crippen LogP contribution is 2.15. The van der Waals surface area contributed by atoms with E-state index in [4.69, 9.17) is 9.47 Å². The molecule has 1 aliphatic rings. The minimum absolute atomic E-state index is 0.00331. The van der Waals surface area contributed by atoms with Crippen molar-refractivity contribution in [1.29, 1.82) is 0 Å². The molecule has 0 spiro atoms. The van der Waals surface area contributed by atoms with Crippen molar-refractivity contribution in [3.05, 3.63) is 0 Å². The maximum absolute atomic E-state index is 13.0. The number of nitrogens with one attached hydrogen (secondary N) is 2. The first-order valence-corrected chi connectivity index (χ1v) is 27.0. The van der Waals surface area contributed by atoms with Gasteiger partial charge in [-0.05, 0) is 25.7 Å². The molecule has 0 aliphatic carbocycles. The van der Waals surface area contributed by atoms with E-state index in [0.29, 0.717) is 65.0 Å². The Labute approximate surface area is 401 Å². The first-order valence-electron chi connectivity index (χ1n) is 27.0. The van der Waals surface area contributed by atoms with Gasteiger partial charge >= 0.3 is 11.9 Å². The van der Waals surface area contributed by atoms with Crippen LogP contribution in [-0.4, -0.2) is 143 Å². The normalized spacial score (nSPS) is 17.1. The van der Waals surface area contributed by atoms with Crippen molar-refractivity contribution in [2.24, 2.45) is 0 Å². The van der Waals surface area contributed by atoms with Gasteiger partial charge in [0, 0.05) is 39.3 Å². The van der Waals surface area contributed by atoms with Crippen LogP contribution in [-0.2, 0) is 28.7 Å². The second kappa shape index (κ2) is 41.6. The van der Waals surface area contributed by atoms with Gasteiger partial charge in [-0.2, -0.15) is 0 Å². The molecule has 0 saturated carbocycles. The lowest BCUT2D eigenvalue weighted by Crippen LogP contribution is -2.62. The summed E-state index contributed by atoms with van der Waals surface area (Å²) in [6.45, 7) is 10.8. The fourth-order valence-corrected chi connectivity index (χ4v) is 8.70. The van der Waals surface area contributed by atoms with Gasteiger partial charge < -0.3 is 40.5 Å². The number of amides is 2. The third-order valence-corrected chi connectivity index (χ3v) is 12.8. The minimum Gasteiger partial charge on any atom is -0.464 e. The Morgan fingerprint density at radius 3 is 0.939 bits per heavy atom. The lowest BCUT2D eigenvalue weighted by atomic mass is 10.1. The molecule has 14 nitrogen and oxygen atoms in total. The molecular formula is C52H100N4O10. The zero-order valence-corrected chi connectivity index (χ0v) is 42.5. The molecule has 14 heteroatoms. The largest absolute Gasteiger partial charge is 0.464 e. The van der Waals surface area contributed by atoms with E-state index in [0.717, 1.165) is 77.0 Å². The molecule has 0 aromatic rings. The van der Waals surface area contributed by atoms with Crippen LogP contribution in [0.4, 0.5) is 0 Å². The number of hydrogen-bond acceptors (Lipinski definition) is 12. The summed E-state index contributed by atoms with van der Waals surface area (Å²) in [5, 5.41) is 48.5. The van der Waals surface area contributed by atoms with E-state index >= 15 is 0 Å². The monoisotopic (exact) mass is 941 g/mol. The average Bonchev–Trinajstić information content (AvgIpc) is 3.27. The van der Waals surface area contributed by atoms with Gasteiger partial charge in [-0.15, -0.1) is 0 Å². The van der Waals surface area contributed by atoms with Gasteiger partial charge in [0.25, 0.3) is 0 Å². The molecule has 0 aromatic carbocycles. The van der Waals surface area contributed by atoms with Crippen LogP contribution < -0.4 is 10.6 Å². The van der Waals surface area contributed by atoms with Crippen molar-refractivity contribution in [2.45, 2.75) is 257 Å². The molecule has 1 rings (SSSR count). The van der Waals surface area contributed by atoms with Gasteiger partial charge in [0.05, 0.1) is 37.3 Å². The number of rotatable bonds is 46. The number of piperazine rings is 1. The van der Waals surface area contributed by atoms with E-state index in [1.807, 2.05) is 9.80 Å². The molecule has 0 aromatic heterocycles. The summed E-state index contributed by atoms with van der Waals surface area (Å²) in [7, 11) is 0. The number of carbonyl (C=O) groups excluding carboxylic acids is 4. The van der Waals surface area contributed by atoms with Gasteiger partial charge in [0.1, 0.15) is 25.3 Å². The summed E-state index contributed by atoms with van der Waals surface area (Å²) in [6, 6.07) is -2.32. The van der Waals surface area contributed by atoms with Crippen LogP contribution in [0.2, 0.25) is 0 Å². The summed E-state index contributed by atoms with van der Waals surface area (Å²) in [4.78, 5) is 55.6. The summed E-state index contributed by atoms with van der Waals surface area (Å²) in [6.07, 6.45) is 26.7. The van der Waals surface area contributed by atoms with Crippen LogP contribution >= 0.6 is 0 Å². The number of ether oxygens (including phenoxy) is 2. The summed E-state index contributed by atoms with van der Waals surface area (Å²) < 4.78 is 11.0. The van der Waals surface area contributed by atoms with Gasteiger partial charge in [-0.1, -0.05) is 182 Å². The maximum atomic E-state index is 13.0. The van der Waals surface area contributed by atoms with Crippen molar-refractivity contribution < 1.29 is 49.1 Å². The molecule has 0 radical (unpaired) electrons. The van der Waals surface area contributed by atoms with Crippen molar-refractivity contribution in [3.8, 4) is 0 Å². The number of carbonyl (C=O) groups is 4. The molecule has 6 unspecified atom stereocenters. The molecule has 1 fully saturated rings. The highest BCUT2D eigenvalue weighted by Gasteiger charge is 2.36. The highest BCUT2D eigenvalue weighted by molar-refractivity contribution is 6.00. The Hall–Kier alpha value is -2.36. The molecule has 0 bridgehead atoms. The lowest BCUT2D eigenvalue weighted by Gasteiger charge is -2.29. The number of hydrogen-bond donors (Lipinski definition) is 6. The zero-order chi connectivity index (χ0) is 48.6. The molecule has 1 saturated heterocycles. The standard InChI is InChI=1S/C52H100N4O10/c1-5-9-13-17-21-25-29-43(57)39-55(40-44(58)30-26-22-18-14-10-6-2)33-35-65-49(61)37-47-51(63)54-48(52(64)53-47)38-50(62)66-36-34-56(41-45(59)31-27-23-19-15-11-7-3)42-46(60)32-28-24-20-16-12-8-4/h43-48,57-60H,5-42H2,1-4H3,(H,53,64)(H,54,63). The van der Waals surface area contributed by atoms with Crippen LogP contribution in [0.5, 0.6) is 0 Å². The summed E-state index contributed by atoms with van der Waals surface area (Å²) >= 11 is 0. The third kappa shape index (κ3) is 34.0. The van der Waals surface area contributed by atoms with E-state index < -0.39 is 60.3 Å². The quantitative estimate of drug-likeness (QED) is 0.0255. The average molecular weight is 941 g/mol. The molecule has 388 valence electrons. The van der Waals surface area contributed by atoms with Gasteiger partial charge in [-0.3, -0.25) is 29.0 Å². The van der Waals surface area contributed by atoms with Crippen molar-refractivity contribution in [2.75, 3.05) is 52.5 Å². The molecule has 1 heterocycles. The Morgan fingerprint density at radius 1 is 0.439 bits per heavy atom. The summed E-state index contributed by atoms with van der Waals surface area (Å²) in [5.41, 5.74) is 0. The lowest BCUT2D eigenvalue weighted by molar-refractivity contribution is -0.151. The number of unbranched alkanes of at least 4 members (excludes halogenated alkanes) is 20. The second-order valence-electron chi connectivity index (χ2n) is 19.3. The van der Waals surface area contributed by atoms with Crippen molar-refractivity contribution in [3.63, 3.8) is 0 Å².